The van der Waals surface area contributed by atoms with Crippen LogP contribution in [0.4, 0.5) is 22.1 Å². The van der Waals surface area contributed by atoms with Crippen LogP contribution >= 0.6 is 0 Å². The van der Waals surface area contributed by atoms with Crippen LogP contribution in [0.5, 0.6) is 0 Å². The highest BCUT2D eigenvalue weighted by Crippen LogP contribution is 2.28. The zero-order valence-corrected chi connectivity index (χ0v) is 17.7. The summed E-state index contributed by atoms with van der Waals surface area (Å²) >= 11 is 0. The average molecular weight is 431 g/mol. The number of aromatic amines is 1. The molecule has 2 aromatic carbocycles. The number of fused-ring (bicyclic) bond motifs is 1. The molecular weight excluding hydrogens is 406 g/mol. The van der Waals surface area contributed by atoms with Crippen LogP contribution in [0.2, 0.25) is 0 Å². The van der Waals surface area contributed by atoms with Crippen molar-refractivity contribution in [1.82, 2.24) is 14.9 Å². The van der Waals surface area contributed by atoms with Gasteiger partial charge >= 0.3 is 6.03 Å². The smallest absolute Gasteiger partial charge is 0.329 e. The van der Waals surface area contributed by atoms with Gasteiger partial charge in [0.25, 0.3) is 5.56 Å². The largest absolute Gasteiger partial charge is 0.378 e. The third-order valence-electron chi connectivity index (χ3n) is 5.86. The van der Waals surface area contributed by atoms with Gasteiger partial charge in [0.1, 0.15) is 0 Å². The minimum atomic E-state index is -0.181. The summed E-state index contributed by atoms with van der Waals surface area (Å²) in [7, 11) is 0. The molecule has 0 spiro atoms. The predicted molar refractivity (Wildman–Crippen MR) is 122 cm³/mol. The van der Waals surface area contributed by atoms with E-state index in [9.17, 15) is 9.59 Å². The predicted octanol–water partition coefficient (Wildman–Crippen LogP) is 2.92. The average Bonchev–Trinajstić information content (AvgIpc) is 2.86. The molecule has 3 aromatic rings. The van der Waals surface area contributed by atoms with E-state index in [0.29, 0.717) is 50.8 Å². The molecule has 0 aliphatic carbocycles. The molecule has 0 saturated carbocycles. The number of amides is 2. The van der Waals surface area contributed by atoms with Crippen molar-refractivity contribution in [3.63, 3.8) is 0 Å². The molecule has 32 heavy (non-hydrogen) atoms. The number of hydrogen-bond donors (Lipinski definition) is 1. The molecule has 0 bridgehead atoms. The minimum absolute atomic E-state index is 0.162. The Morgan fingerprint density at radius 3 is 2.19 bits per heavy atom. The van der Waals surface area contributed by atoms with E-state index in [4.69, 9.17) is 9.72 Å². The van der Waals surface area contributed by atoms with E-state index in [1.165, 1.54) is 0 Å². The van der Waals surface area contributed by atoms with Crippen LogP contribution in [0.3, 0.4) is 0 Å². The van der Waals surface area contributed by atoms with Crippen LogP contribution in [0.25, 0.3) is 0 Å². The van der Waals surface area contributed by atoms with Gasteiger partial charge in [0.2, 0.25) is 5.95 Å². The van der Waals surface area contributed by atoms with Crippen molar-refractivity contribution in [3.05, 3.63) is 82.3 Å². The molecule has 1 aromatic heterocycles. The first-order valence-electron chi connectivity index (χ1n) is 10.8. The number of aromatic nitrogens is 2. The second-order valence-electron chi connectivity index (χ2n) is 7.87. The summed E-state index contributed by atoms with van der Waals surface area (Å²) in [5, 5.41) is 0. The number of carbonyl (C=O) groups excluding carboxylic acids is 1. The first kappa shape index (κ1) is 20.3. The molecule has 2 aliphatic heterocycles. The first-order chi connectivity index (χ1) is 15.7. The maximum absolute atomic E-state index is 13.6. The Kier molecular flexibility index (Phi) is 5.60. The number of nitrogens with one attached hydrogen (secondary N) is 1. The Hall–Kier alpha value is -3.65. The number of urea groups is 1. The third kappa shape index (κ3) is 3.97. The van der Waals surface area contributed by atoms with Crippen molar-refractivity contribution in [2.24, 2.45) is 0 Å². The van der Waals surface area contributed by atoms with E-state index in [0.717, 1.165) is 17.1 Å². The van der Waals surface area contributed by atoms with Crippen LogP contribution in [0.1, 0.15) is 11.3 Å². The van der Waals surface area contributed by atoms with Crippen molar-refractivity contribution < 1.29 is 9.53 Å². The molecule has 1 saturated heterocycles. The lowest BCUT2D eigenvalue weighted by atomic mass is 10.1. The molecule has 0 radical (unpaired) electrons. The van der Waals surface area contributed by atoms with Crippen molar-refractivity contribution >= 4 is 23.4 Å². The van der Waals surface area contributed by atoms with E-state index in [2.05, 4.69) is 4.98 Å². The highest BCUT2D eigenvalue weighted by Gasteiger charge is 2.30. The van der Waals surface area contributed by atoms with Crippen LogP contribution in [-0.4, -0.2) is 53.7 Å². The normalized spacial score (nSPS) is 15.9. The van der Waals surface area contributed by atoms with E-state index < -0.39 is 0 Å². The first-order valence-corrected chi connectivity index (χ1v) is 10.8. The van der Waals surface area contributed by atoms with E-state index in [1.807, 2.05) is 65.6 Å². The van der Waals surface area contributed by atoms with Gasteiger partial charge in [-0.3, -0.25) is 14.7 Å². The van der Waals surface area contributed by atoms with Gasteiger partial charge in [0, 0.05) is 26.1 Å². The quantitative estimate of drug-likeness (QED) is 0.690. The summed E-state index contributed by atoms with van der Waals surface area (Å²) in [6, 6.07) is 19.0. The zero-order chi connectivity index (χ0) is 21.9. The molecule has 164 valence electrons. The second kappa shape index (κ2) is 8.84. The lowest BCUT2D eigenvalue weighted by Crippen LogP contribution is -2.46. The molecule has 0 unspecified atom stereocenters. The number of morpholine rings is 1. The number of nitrogens with zero attached hydrogens (tertiary/aromatic N) is 4. The monoisotopic (exact) mass is 431 g/mol. The van der Waals surface area contributed by atoms with Gasteiger partial charge in [-0.2, -0.15) is 0 Å². The van der Waals surface area contributed by atoms with Crippen LogP contribution in [0.15, 0.2) is 65.5 Å². The number of para-hydroxylation sites is 2. The summed E-state index contributed by atoms with van der Waals surface area (Å²) in [5.74, 6) is 0.590. The molecule has 8 nitrogen and oxygen atoms in total. The Morgan fingerprint density at radius 1 is 0.938 bits per heavy atom. The Bertz CT molecular complexity index is 1100. The molecule has 2 amide bonds. The summed E-state index contributed by atoms with van der Waals surface area (Å²) in [5.41, 5.74) is 2.71. The molecular formula is C24H25N5O3. The van der Waals surface area contributed by atoms with Crippen LogP contribution in [-0.2, 0) is 17.7 Å². The Labute approximate surface area is 186 Å². The number of hydrogen-bond acceptors (Lipinski definition) is 5. The fourth-order valence-corrected chi connectivity index (χ4v) is 4.17. The van der Waals surface area contributed by atoms with Gasteiger partial charge in [-0.15, -0.1) is 0 Å². The van der Waals surface area contributed by atoms with Gasteiger partial charge in [0.15, 0.2) is 0 Å². The van der Waals surface area contributed by atoms with Gasteiger partial charge < -0.3 is 14.5 Å². The lowest BCUT2D eigenvalue weighted by molar-refractivity contribution is 0.122. The molecule has 1 fully saturated rings. The Morgan fingerprint density at radius 2 is 1.56 bits per heavy atom. The second-order valence-corrected chi connectivity index (χ2v) is 7.87. The highest BCUT2D eigenvalue weighted by molar-refractivity contribution is 5.99. The number of benzene rings is 2. The molecule has 3 heterocycles. The maximum atomic E-state index is 13.6. The maximum Gasteiger partial charge on any atom is 0.329 e. The number of carbonyl (C=O) groups is 1. The molecule has 1 N–H and O–H groups in total. The lowest BCUT2D eigenvalue weighted by Gasteiger charge is -2.34. The number of H-pyrrole nitrogens is 1. The minimum Gasteiger partial charge on any atom is -0.378 e. The molecule has 2 aliphatic rings. The molecule has 5 rings (SSSR count). The fourth-order valence-electron chi connectivity index (χ4n) is 4.17. The van der Waals surface area contributed by atoms with Crippen LogP contribution < -0.4 is 15.4 Å². The van der Waals surface area contributed by atoms with Crippen LogP contribution in [0, 0.1) is 0 Å². The summed E-state index contributed by atoms with van der Waals surface area (Å²) in [6.07, 6.45) is 0.541. The number of anilines is 3. The van der Waals surface area contributed by atoms with E-state index in [1.54, 1.807) is 9.80 Å². The van der Waals surface area contributed by atoms with Gasteiger partial charge in [-0.1, -0.05) is 36.4 Å². The summed E-state index contributed by atoms with van der Waals surface area (Å²) in [4.78, 5) is 39.6. The van der Waals surface area contributed by atoms with Crippen molar-refractivity contribution in [1.29, 1.82) is 0 Å². The van der Waals surface area contributed by atoms with Gasteiger partial charge in [-0.05, 0) is 24.3 Å². The SMILES string of the molecule is O=C(N1CCc2nc(N3CCOCC3)[nH]c(=O)c2C1)N(c1ccccc1)c1ccccc1. The van der Waals surface area contributed by atoms with Crippen molar-refractivity contribution in [2.75, 3.05) is 42.6 Å². The van der Waals surface area contributed by atoms with Crippen molar-refractivity contribution in [3.8, 4) is 0 Å². The van der Waals surface area contributed by atoms with Gasteiger partial charge in [-0.25, -0.2) is 9.78 Å². The Balaban J connectivity index is 1.43. The zero-order valence-electron chi connectivity index (χ0n) is 17.7. The van der Waals surface area contributed by atoms with E-state index in [-0.39, 0.29) is 18.1 Å². The number of ether oxygens (including phenoxy) is 1. The highest BCUT2D eigenvalue weighted by atomic mass is 16.5. The third-order valence-corrected chi connectivity index (χ3v) is 5.86. The standard InChI is InChI=1S/C24H25N5O3/c30-22-20-17-28(12-11-21(20)25-23(26-22)27-13-15-32-16-14-27)24(31)29(18-7-3-1-4-8-18)19-9-5-2-6-10-19/h1-10H,11-17H2,(H,25,26,30). The summed E-state index contributed by atoms with van der Waals surface area (Å²) < 4.78 is 5.39. The van der Waals surface area contributed by atoms with E-state index >= 15 is 0 Å². The summed E-state index contributed by atoms with van der Waals surface area (Å²) in [6.45, 7) is 3.39. The fraction of sp³-hybridized carbons (Fsp3) is 0.292. The molecule has 0 atom stereocenters. The number of rotatable bonds is 3. The van der Waals surface area contributed by atoms with Crippen molar-refractivity contribution in [2.45, 2.75) is 13.0 Å². The molecule has 8 heteroatoms. The topological polar surface area (TPSA) is 81.8 Å². The van der Waals surface area contributed by atoms with Gasteiger partial charge in [0.05, 0.1) is 42.4 Å².